The van der Waals surface area contributed by atoms with Crippen LogP contribution in [0.5, 0.6) is 0 Å². The van der Waals surface area contributed by atoms with Crippen molar-refractivity contribution in [3.8, 4) is 0 Å². The molecular formula is C61H90O6. The Balaban J connectivity index is 4.59. The van der Waals surface area contributed by atoms with Crippen molar-refractivity contribution in [3.63, 3.8) is 0 Å². The third-order valence-corrected chi connectivity index (χ3v) is 9.95. The molecule has 0 aliphatic heterocycles. The molecule has 0 aliphatic rings. The van der Waals surface area contributed by atoms with Crippen LogP contribution in [0.2, 0.25) is 0 Å². The zero-order valence-electron chi connectivity index (χ0n) is 42.1. The van der Waals surface area contributed by atoms with Gasteiger partial charge in [0.2, 0.25) is 0 Å². The van der Waals surface area contributed by atoms with E-state index >= 15 is 0 Å². The highest BCUT2D eigenvalue weighted by Crippen LogP contribution is 2.12. The second-order valence-corrected chi connectivity index (χ2v) is 16.2. The predicted molar refractivity (Wildman–Crippen MR) is 288 cm³/mol. The Labute approximate surface area is 409 Å². The first-order chi connectivity index (χ1) is 33.0. The lowest BCUT2D eigenvalue weighted by Gasteiger charge is -2.18. The van der Waals surface area contributed by atoms with E-state index in [2.05, 4.69) is 93.7 Å². The zero-order valence-corrected chi connectivity index (χ0v) is 42.1. The predicted octanol–water partition coefficient (Wildman–Crippen LogP) is 17.2. The summed E-state index contributed by atoms with van der Waals surface area (Å²) in [6.45, 7) is 6.12. The molecule has 0 saturated carbocycles. The van der Waals surface area contributed by atoms with Gasteiger partial charge in [-0.15, -0.1) is 0 Å². The lowest BCUT2D eigenvalue weighted by molar-refractivity contribution is -0.167. The molecule has 0 spiro atoms. The summed E-state index contributed by atoms with van der Waals surface area (Å²) in [5, 5.41) is 0. The van der Waals surface area contributed by atoms with E-state index in [1.807, 2.05) is 97.2 Å². The fraction of sp³-hybridized carbons (Fsp3) is 0.492. The molecule has 0 aromatic carbocycles. The molecule has 0 aromatic heterocycles. The normalized spacial score (nSPS) is 13.5. The molecule has 0 aromatic rings. The Morgan fingerprint density at radius 3 is 1.03 bits per heavy atom. The maximum absolute atomic E-state index is 12.8. The first-order valence-electron chi connectivity index (χ1n) is 25.8. The number of carbonyl (C=O) groups excluding carboxylic acids is 3. The summed E-state index contributed by atoms with van der Waals surface area (Å²) in [4.78, 5) is 38.0. The number of hydrogen-bond acceptors (Lipinski definition) is 6. The fourth-order valence-corrected chi connectivity index (χ4v) is 6.18. The highest BCUT2D eigenvalue weighted by atomic mass is 16.6. The monoisotopic (exact) mass is 919 g/mol. The van der Waals surface area contributed by atoms with Crippen LogP contribution in [0.3, 0.4) is 0 Å². The Morgan fingerprint density at radius 1 is 0.313 bits per heavy atom. The molecule has 370 valence electrons. The standard InChI is InChI=1S/C61H90O6/c1-4-7-10-13-16-19-22-25-28-29-30-31-34-36-39-42-45-48-51-54-60(63)66-57-58(67-61(64)55-52-49-46-43-40-37-33-27-24-21-18-15-12-9-6-3)56-65-59(62)53-50-47-44-41-38-35-32-26-23-20-17-14-11-8-5-2/h7-12,14-21,23-28,30-33,35,37-38,40,58H,4-6,13,22,29,34,36,39,41-57H2,1-3H3/b10-7-,11-8-,12-9-,17-14-,18-15-,19-16-,23-20-,24-21-,28-25-,31-30-,32-26-,33-27-,38-35-,40-37-. The van der Waals surface area contributed by atoms with Crippen LogP contribution in [0.4, 0.5) is 0 Å². The third kappa shape index (κ3) is 51.6. The minimum atomic E-state index is -0.834. The Hall–Kier alpha value is -5.23. The van der Waals surface area contributed by atoms with Crippen LogP contribution in [-0.2, 0) is 28.6 Å². The van der Waals surface area contributed by atoms with Crippen molar-refractivity contribution in [2.24, 2.45) is 0 Å². The number of allylic oxidation sites excluding steroid dienone is 28. The maximum Gasteiger partial charge on any atom is 0.306 e. The second-order valence-electron chi connectivity index (χ2n) is 16.2. The van der Waals surface area contributed by atoms with Gasteiger partial charge in [0.15, 0.2) is 6.10 Å². The van der Waals surface area contributed by atoms with Crippen molar-refractivity contribution in [2.75, 3.05) is 13.2 Å². The lowest BCUT2D eigenvalue weighted by atomic mass is 10.1. The summed E-state index contributed by atoms with van der Waals surface area (Å²) in [6.07, 6.45) is 79.0. The Bertz CT molecular complexity index is 1620. The van der Waals surface area contributed by atoms with Gasteiger partial charge in [-0.2, -0.15) is 0 Å². The SMILES string of the molecule is CC\C=C/C=C\C=C/C=C\C=C/CCCCCC(=O)OCC(COC(=O)CCCCCCCC/C=C\C/C=C\C/C=C\C/C=C\CC)OC(=O)CCCCC\C=C/C=C\C=C/C=C\C=C/CC. The number of carbonyl (C=O) groups is 3. The first-order valence-corrected chi connectivity index (χ1v) is 25.8. The van der Waals surface area contributed by atoms with Gasteiger partial charge in [-0.3, -0.25) is 14.4 Å². The molecule has 0 rings (SSSR count). The van der Waals surface area contributed by atoms with E-state index in [1.54, 1.807) is 0 Å². The van der Waals surface area contributed by atoms with E-state index < -0.39 is 6.10 Å². The summed E-state index contributed by atoms with van der Waals surface area (Å²) < 4.78 is 16.7. The number of rotatable bonds is 43. The van der Waals surface area contributed by atoms with Gasteiger partial charge in [0.05, 0.1) is 0 Å². The topological polar surface area (TPSA) is 78.9 Å². The zero-order chi connectivity index (χ0) is 48.6. The fourth-order valence-electron chi connectivity index (χ4n) is 6.18. The molecule has 0 saturated heterocycles. The smallest absolute Gasteiger partial charge is 0.306 e. The molecular weight excluding hydrogens is 829 g/mol. The molecule has 0 amide bonds. The first kappa shape index (κ1) is 61.8. The number of ether oxygens (including phenoxy) is 3. The summed E-state index contributed by atoms with van der Waals surface area (Å²) in [7, 11) is 0. The van der Waals surface area contributed by atoms with Gasteiger partial charge < -0.3 is 14.2 Å². The quantitative estimate of drug-likeness (QED) is 0.0199. The number of unbranched alkanes of at least 4 members (excludes halogenated alkanes) is 12. The molecule has 6 heteroatoms. The van der Waals surface area contributed by atoms with Crippen LogP contribution in [-0.4, -0.2) is 37.2 Å². The van der Waals surface area contributed by atoms with E-state index in [9.17, 15) is 14.4 Å². The molecule has 0 fully saturated rings. The molecule has 0 N–H and O–H groups in total. The van der Waals surface area contributed by atoms with Gasteiger partial charge in [-0.25, -0.2) is 0 Å². The van der Waals surface area contributed by atoms with Gasteiger partial charge in [0.1, 0.15) is 13.2 Å². The van der Waals surface area contributed by atoms with Crippen LogP contribution >= 0.6 is 0 Å². The van der Waals surface area contributed by atoms with Crippen molar-refractivity contribution in [1.29, 1.82) is 0 Å². The van der Waals surface area contributed by atoms with Crippen molar-refractivity contribution >= 4 is 17.9 Å². The summed E-state index contributed by atoms with van der Waals surface area (Å²) >= 11 is 0. The molecule has 67 heavy (non-hydrogen) atoms. The Morgan fingerprint density at radius 2 is 0.612 bits per heavy atom. The Kier molecular flexibility index (Phi) is 49.2. The second kappa shape index (κ2) is 53.4. The van der Waals surface area contributed by atoms with Crippen LogP contribution in [0.1, 0.15) is 175 Å². The summed E-state index contributed by atoms with van der Waals surface area (Å²) in [5.74, 6) is -1.04. The minimum Gasteiger partial charge on any atom is -0.462 e. The van der Waals surface area contributed by atoms with E-state index in [0.29, 0.717) is 19.3 Å². The van der Waals surface area contributed by atoms with E-state index in [0.717, 1.165) is 109 Å². The van der Waals surface area contributed by atoms with Crippen molar-refractivity contribution in [2.45, 2.75) is 181 Å². The van der Waals surface area contributed by atoms with Gasteiger partial charge in [-0.1, -0.05) is 229 Å². The number of esters is 3. The van der Waals surface area contributed by atoms with E-state index in [4.69, 9.17) is 14.2 Å². The van der Waals surface area contributed by atoms with Gasteiger partial charge >= 0.3 is 17.9 Å². The van der Waals surface area contributed by atoms with Crippen molar-refractivity contribution < 1.29 is 28.6 Å². The molecule has 6 nitrogen and oxygen atoms in total. The van der Waals surface area contributed by atoms with Gasteiger partial charge in [0, 0.05) is 19.3 Å². The van der Waals surface area contributed by atoms with Crippen LogP contribution < -0.4 is 0 Å². The average molecular weight is 919 g/mol. The molecule has 1 atom stereocenters. The van der Waals surface area contributed by atoms with E-state index in [-0.39, 0.29) is 44.0 Å². The lowest BCUT2D eigenvalue weighted by Crippen LogP contribution is -2.30. The molecule has 0 bridgehead atoms. The average Bonchev–Trinajstić information content (AvgIpc) is 3.33. The van der Waals surface area contributed by atoms with Gasteiger partial charge in [-0.05, 0) is 96.3 Å². The molecule has 0 aliphatic carbocycles. The largest absolute Gasteiger partial charge is 0.462 e. The van der Waals surface area contributed by atoms with Gasteiger partial charge in [0.25, 0.3) is 0 Å². The number of hydrogen-bond donors (Lipinski definition) is 0. The third-order valence-electron chi connectivity index (χ3n) is 9.95. The summed E-state index contributed by atoms with van der Waals surface area (Å²) in [5.41, 5.74) is 0. The van der Waals surface area contributed by atoms with Crippen LogP contribution in [0.15, 0.2) is 170 Å². The van der Waals surface area contributed by atoms with Crippen LogP contribution in [0.25, 0.3) is 0 Å². The molecule has 0 heterocycles. The van der Waals surface area contributed by atoms with Crippen molar-refractivity contribution in [3.05, 3.63) is 170 Å². The summed E-state index contributed by atoms with van der Waals surface area (Å²) in [6, 6.07) is 0. The highest BCUT2D eigenvalue weighted by molar-refractivity contribution is 5.71. The highest BCUT2D eigenvalue weighted by Gasteiger charge is 2.19. The van der Waals surface area contributed by atoms with E-state index in [1.165, 1.54) is 12.8 Å². The molecule has 0 radical (unpaired) electrons. The minimum absolute atomic E-state index is 0.127. The van der Waals surface area contributed by atoms with Crippen LogP contribution in [0, 0.1) is 0 Å². The molecule has 1 unspecified atom stereocenters. The van der Waals surface area contributed by atoms with Crippen molar-refractivity contribution in [1.82, 2.24) is 0 Å². The maximum atomic E-state index is 12.8.